The first-order valence-corrected chi connectivity index (χ1v) is 5.17. The molecule has 1 aromatic carbocycles. The number of ether oxygens (including phenoxy) is 1. The monoisotopic (exact) mass is 231 g/mol. The molecular weight excluding hydrogens is 217 g/mol. The predicted molar refractivity (Wildman–Crippen MR) is 59.7 cm³/mol. The molecule has 1 N–H and O–H groups in total. The molecule has 2 nitrogen and oxygen atoms in total. The van der Waals surface area contributed by atoms with Gasteiger partial charge in [0.2, 0.25) is 0 Å². The van der Waals surface area contributed by atoms with Crippen LogP contribution in [0.5, 0.6) is 0 Å². The molecule has 0 spiro atoms. The van der Waals surface area contributed by atoms with Crippen LogP contribution < -0.4 is 5.32 Å². The Labute approximate surface area is 94.4 Å². The van der Waals surface area contributed by atoms with Crippen molar-refractivity contribution in [2.24, 2.45) is 0 Å². The fourth-order valence-corrected chi connectivity index (χ4v) is 1.59. The van der Waals surface area contributed by atoms with Crippen molar-refractivity contribution in [2.45, 2.75) is 13.3 Å². The van der Waals surface area contributed by atoms with Gasteiger partial charge in [0.05, 0.1) is 6.73 Å². The number of aryl methyl sites for hydroxylation is 1. The average Bonchev–Trinajstić information content (AvgIpc) is 2.20. The van der Waals surface area contributed by atoms with E-state index in [0.29, 0.717) is 23.7 Å². The lowest BCUT2D eigenvalue weighted by atomic mass is 10.1. The van der Waals surface area contributed by atoms with Crippen molar-refractivity contribution in [2.75, 3.05) is 20.4 Å². The Morgan fingerprint density at radius 1 is 1.47 bits per heavy atom. The molecule has 0 aliphatic heterocycles. The minimum absolute atomic E-state index is 0.207. The molecule has 4 heteroatoms. The molecular formula is C11H15ClFNO. The fourth-order valence-electron chi connectivity index (χ4n) is 1.28. The minimum Gasteiger partial charge on any atom is -0.370 e. The molecule has 0 aromatic heterocycles. The summed E-state index contributed by atoms with van der Waals surface area (Å²) in [5.41, 5.74) is 1.40. The third-order valence-electron chi connectivity index (χ3n) is 2.15. The highest BCUT2D eigenvalue weighted by Gasteiger charge is 2.05. The zero-order valence-electron chi connectivity index (χ0n) is 8.94. The smallest absolute Gasteiger partial charge is 0.126 e. The first-order valence-electron chi connectivity index (χ1n) is 4.79. The first-order chi connectivity index (χ1) is 7.15. The summed E-state index contributed by atoms with van der Waals surface area (Å²) in [6.07, 6.45) is 0.694. The standard InChI is InChI=1S/C11H15ClFNO/c1-8-5-10(12)9(6-11(8)13)3-4-14-7-15-2/h5-6,14H,3-4,7H2,1-2H3. The van der Waals surface area contributed by atoms with Crippen molar-refractivity contribution in [1.29, 1.82) is 0 Å². The Morgan fingerprint density at radius 3 is 2.87 bits per heavy atom. The maximum Gasteiger partial charge on any atom is 0.126 e. The van der Waals surface area contributed by atoms with E-state index in [0.717, 1.165) is 12.1 Å². The van der Waals surface area contributed by atoms with E-state index >= 15 is 0 Å². The van der Waals surface area contributed by atoms with Crippen LogP contribution in [0.25, 0.3) is 0 Å². The number of hydrogen-bond donors (Lipinski definition) is 1. The minimum atomic E-state index is -0.207. The van der Waals surface area contributed by atoms with Gasteiger partial charge in [-0.3, -0.25) is 5.32 Å². The molecule has 0 aliphatic carbocycles. The molecule has 0 saturated heterocycles. The van der Waals surface area contributed by atoms with Gasteiger partial charge in [-0.1, -0.05) is 11.6 Å². The second kappa shape index (κ2) is 6.05. The van der Waals surface area contributed by atoms with Gasteiger partial charge in [0.25, 0.3) is 0 Å². The van der Waals surface area contributed by atoms with Crippen LogP contribution in [0.3, 0.4) is 0 Å². The van der Waals surface area contributed by atoms with Crippen LogP contribution in [-0.4, -0.2) is 20.4 Å². The van der Waals surface area contributed by atoms with E-state index in [1.807, 2.05) is 0 Å². The lowest BCUT2D eigenvalue weighted by Crippen LogP contribution is -2.19. The normalized spacial score (nSPS) is 10.7. The molecule has 0 unspecified atom stereocenters. The number of benzene rings is 1. The van der Waals surface area contributed by atoms with Gasteiger partial charge in [-0.05, 0) is 36.6 Å². The molecule has 0 amide bonds. The van der Waals surface area contributed by atoms with Crippen molar-refractivity contribution >= 4 is 11.6 Å². The zero-order valence-corrected chi connectivity index (χ0v) is 9.70. The topological polar surface area (TPSA) is 21.3 Å². The molecule has 1 rings (SSSR count). The molecule has 0 atom stereocenters. The highest BCUT2D eigenvalue weighted by Crippen LogP contribution is 2.20. The summed E-state index contributed by atoms with van der Waals surface area (Å²) >= 11 is 5.99. The largest absolute Gasteiger partial charge is 0.370 e. The molecule has 84 valence electrons. The third-order valence-corrected chi connectivity index (χ3v) is 2.50. The van der Waals surface area contributed by atoms with Gasteiger partial charge in [-0.2, -0.15) is 0 Å². The Bertz CT molecular complexity index is 331. The summed E-state index contributed by atoms with van der Waals surface area (Å²) in [4.78, 5) is 0. The van der Waals surface area contributed by atoms with Crippen LogP contribution in [0.1, 0.15) is 11.1 Å². The number of rotatable bonds is 5. The summed E-state index contributed by atoms with van der Waals surface area (Å²) in [5, 5.41) is 3.66. The predicted octanol–water partition coefficient (Wildman–Crippen LogP) is 2.52. The van der Waals surface area contributed by atoms with Crippen LogP contribution in [0.15, 0.2) is 12.1 Å². The molecule has 0 bridgehead atoms. The molecule has 0 saturated carbocycles. The second-order valence-electron chi connectivity index (χ2n) is 3.38. The van der Waals surface area contributed by atoms with E-state index < -0.39 is 0 Å². The van der Waals surface area contributed by atoms with Crippen LogP contribution >= 0.6 is 11.6 Å². The average molecular weight is 232 g/mol. The van der Waals surface area contributed by atoms with Crippen molar-refractivity contribution in [3.05, 3.63) is 34.1 Å². The molecule has 0 radical (unpaired) electrons. The van der Waals surface area contributed by atoms with Crippen LogP contribution in [0.2, 0.25) is 5.02 Å². The number of hydrogen-bond acceptors (Lipinski definition) is 2. The molecule has 15 heavy (non-hydrogen) atoms. The van der Waals surface area contributed by atoms with Crippen LogP contribution in [0, 0.1) is 12.7 Å². The van der Waals surface area contributed by atoms with Gasteiger partial charge in [0, 0.05) is 18.7 Å². The van der Waals surface area contributed by atoms with E-state index in [9.17, 15) is 4.39 Å². The Morgan fingerprint density at radius 2 is 2.20 bits per heavy atom. The van der Waals surface area contributed by atoms with Gasteiger partial charge in [0.15, 0.2) is 0 Å². The molecule has 1 aromatic rings. The van der Waals surface area contributed by atoms with Gasteiger partial charge >= 0.3 is 0 Å². The maximum atomic E-state index is 13.2. The first kappa shape index (κ1) is 12.4. The Balaban J connectivity index is 2.57. The van der Waals surface area contributed by atoms with Crippen molar-refractivity contribution in [1.82, 2.24) is 5.32 Å². The third kappa shape index (κ3) is 3.78. The van der Waals surface area contributed by atoms with Gasteiger partial charge in [-0.25, -0.2) is 4.39 Å². The van der Waals surface area contributed by atoms with E-state index in [1.165, 1.54) is 6.07 Å². The van der Waals surface area contributed by atoms with E-state index in [4.69, 9.17) is 16.3 Å². The number of halogens is 2. The highest BCUT2D eigenvalue weighted by molar-refractivity contribution is 6.31. The zero-order chi connectivity index (χ0) is 11.3. The Kier molecular flexibility index (Phi) is 5.02. The maximum absolute atomic E-state index is 13.2. The van der Waals surface area contributed by atoms with Gasteiger partial charge < -0.3 is 4.74 Å². The van der Waals surface area contributed by atoms with Crippen molar-refractivity contribution in [3.63, 3.8) is 0 Å². The molecule has 0 fully saturated rings. The van der Waals surface area contributed by atoms with Crippen LogP contribution in [-0.2, 0) is 11.2 Å². The van der Waals surface area contributed by atoms with Crippen molar-refractivity contribution < 1.29 is 9.13 Å². The summed E-state index contributed by atoms with van der Waals surface area (Å²) in [7, 11) is 1.62. The summed E-state index contributed by atoms with van der Waals surface area (Å²) in [6, 6.07) is 3.15. The van der Waals surface area contributed by atoms with E-state index in [-0.39, 0.29) is 5.82 Å². The second-order valence-corrected chi connectivity index (χ2v) is 3.78. The number of nitrogens with one attached hydrogen (secondary N) is 1. The SMILES string of the molecule is COCNCCc1cc(F)c(C)cc1Cl. The molecule has 0 heterocycles. The summed E-state index contributed by atoms with van der Waals surface area (Å²) in [6.45, 7) is 2.91. The van der Waals surface area contributed by atoms with Crippen molar-refractivity contribution in [3.8, 4) is 0 Å². The molecule has 0 aliphatic rings. The van der Waals surface area contributed by atoms with Gasteiger partial charge in [0.1, 0.15) is 5.82 Å². The van der Waals surface area contributed by atoms with Crippen LogP contribution in [0.4, 0.5) is 4.39 Å². The number of methoxy groups -OCH3 is 1. The lowest BCUT2D eigenvalue weighted by molar-refractivity contribution is 0.176. The van der Waals surface area contributed by atoms with Gasteiger partial charge in [-0.15, -0.1) is 0 Å². The summed E-state index contributed by atoms with van der Waals surface area (Å²) < 4.78 is 18.1. The highest BCUT2D eigenvalue weighted by atomic mass is 35.5. The Hall–Kier alpha value is -0.640. The lowest BCUT2D eigenvalue weighted by Gasteiger charge is -2.07. The fraction of sp³-hybridized carbons (Fsp3) is 0.455. The van der Waals surface area contributed by atoms with E-state index in [1.54, 1.807) is 20.1 Å². The van der Waals surface area contributed by atoms with E-state index in [2.05, 4.69) is 5.32 Å². The quantitative estimate of drug-likeness (QED) is 0.621. The summed E-state index contributed by atoms with van der Waals surface area (Å²) in [5.74, 6) is -0.207.